The summed E-state index contributed by atoms with van der Waals surface area (Å²) < 4.78 is 6.00. The van der Waals surface area contributed by atoms with Gasteiger partial charge in [-0.05, 0) is 36.7 Å². The lowest BCUT2D eigenvalue weighted by atomic mass is 9.89. The smallest absolute Gasteiger partial charge is 0.263 e. The van der Waals surface area contributed by atoms with Gasteiger partial charge in [-0.25, -0.2) is 4.98 Å². The molecule has 0 aliphatic heterocycles. The Hall–Kier alpha value is -0.750. The van der Waals surface area contributed by atoms with Crippen molar-refractivity contribution >= 4 is 37.7 Å². The molecule has 0 aromatic carbocycles. The van der Waals surface area contributed by atoms with Crippen LogP contribution in [0.15, 0.2) is 11.1 Å². The molecule has 0 radical (unpaired) electrons. The molecule has 1 fully saturated rings. The molecule has 0 atom stereocenters. The zero-order valence-electron chi connectivity index (χ0n) is 10.9. The summed E-state index contributed by atoms with van der Waals surface area (Å²) in [7, 11) is 0. The fraction of sp³-hybridized carbons (Fsp3) is 0.615. The van der Waals surface area contributed by atoms with E-state index in [-0.39, 0.29) is 11.0 Å². The largest absolute Gasteiger partial charge is 0.298 e. The third-order valence-corrected chi connectivity index (χ3v) is 6.12. The lowest BCUT2D eigenvalue weighted by Gasteiger charge is -2.27. The molecule has 2 aromatic rings. The van der Waals surface area contributed by atoms with Crippen LogP contribution < -0.4 is 5.56 Å². The Balaban J connectivity index is 2.03. The van der Waals surface area contributed by atoms with Crippen molar-refractivity contribution in [3.05, 3.63) is 22.4 Å². The number of fused-ring (bicyclic) bond motifs is 1. The Morgan fingerprint density at radius 1 is 1.47 bits per heavy atom. The van der Waals surface area contributed by atoms with Crippen LogP contribution in [0, 0.1) is 12.3 Å². The summed E-state index contributed by atoms with van der Waals surface area (Å²) in [6, 6.07) is 0. The fourth-order valence-electron chi connectivity index (χ4n) is 2.94. The molecule has 0 spiro atoms. The summed E-state index contributed by atoms with van der Waals surface area (Å²) >= 11 is 4.93. The Bertz CT molecular complexity index is 657. The predicted molar refractivity (Wildman–Crippen MR) is 81.1 cm³/mol. The zero-order valence-corrected chi connectivity index (χ0v) is 13.3. The van der Waals surface area contributed by atoms with Crippen LogP contribution in [0.5, 0.6) is 0 Å². The van der Waals surface area contributed by atoms with Gasteiger partial charge in [0.05, 0.1) is 17.4 Å². The van der Waals surface area contributed by atoms with E-state index in [9.17, 15) is 4.79 Å². The van der Waals surface area contributed by atoms with Gasteiger partial charge in [0.2, 0.25) is 0 Å². The van der Waals surface area contributed by atoms with Crippen molar-refractivity contribution in [1.82, 2.24) is 13.9 Å². The number of halogens is 1. The van der Waals surface area contributed by atoms with Crippen molar-refractivity contribution in [1.29, 1.82) is 0 Å². The second-order valence-corrected chi connectivity index (χ2v) is 6.78. The molecular formula is C13H16BrN3OS. The maximum Gasteiger partial charge on any atom is 0.263 e. The summed E-state index contributed by atoms with van der Waals surface area (Å²) in [4.78, 5) is 17.7. The van der Waals surface area contributed by atoms with Crippen LogP contribution in [0.1, 0.15) is 31.4 Å². The average molecular weight is 342 g/mol. The van der Waals surface area contributed by atoms with Crippen LogP contribution in [0.25, 0.3) is 10.2 Å². The Kier molecular flexibility index (Phi) is 3.47. The number of alkyl halides is 1. The monoisotopic (exact) mass is 341 g/mol. The predicted octanol–water partition coefficient (Wildman–Crippen LogP) is 3.12. The van der Waals surface area contributed by atoms with E-state index in [2.05, 4.69) is 25.3 Å². The molecule has 0 saturated heterocycles. The van der Waals surface area contributed by atoms with E-state index in [4.69, 9.17) is 0 Å². The third kappa shape index (κ3) is 2.25. The maximum atomic E-state index is 12.5. The molecule has 4 nitrogen and oxygen atoms in total. The van der Waals surface area contributed by atoms with Gasteiger partial charge in [-0.3, -0.25) is 9.36 Å². The first kappa shape index (κ1) is 13.2. The minimum atomic E-state index is 0.0588. The Morgan fingerprint density at radius 2 is 2.21 bits per heavy atom. The first-order valence-corrected chi connectivity index (χ1v) is 8.42. The van der Waals surface area contributed by atoms with Gasteiger partial charge in [0.15, 0.2) is 4.83 Å². The molecule has 0 unspecified atom stereocenters. The van der Waals surface area contributed by atoms with Crippen molar-refractivity contribution in [2.45, 2.75) is 39.2 Å². The fourth-order valence-corrected chi connectivity index (χ4v) is 4.42. The summed E-state index contributed by atoms with van der Waals surface area (Å²) in [6.45, 7) is 2.64. The highest BCUT2D eigenvalue weighted by Crippen LogP contribution is 2.40. The van der Waals surface area contributed by atoms with Crippen LogP contribution in [0.4, 0.5) is 0 Å². The van der Waals surface area contributed by atoms with E-state index in [1.165, 1.54) is 37.2 Å². The van der Waals surface area contributed by atoms with E-state index >= 15 is 0 Å². The zero-order chi connectivity index (χ0) is 13.5. The van der Waals surface area contributed by atoms with Gasteiger partial charge in [-0.1, -0.05) is 28.8 Å². The summed E-state index contributed by atoms with van der Waals surface area (Å²) in [5, 5.41) is 1.64. The number of hydrogen-bond acceptors (Lipinski definition) is 4. The second kappa shape index (κ2) is 4.98. The number of aromatic nitrogens is 3. The topological polar surface area (TPSA) is 47.8 Å². The van der Waals surface area contributed by atoms with Crippen LogP contribution in [-0.4, -0.2) is 19.3 Å². The van der Waals surface area contributed by atoms with Gasteiger partial charge in [0.25, 0.3) is 5.56 Å². The Morgan fingerprint density at radius 3 is 2.89 bits per heavy atom. The van der Waals surface area contributed by atoms with E-state index < -0.39 is 0 Å². The van der Waals surface area contributed by atoms with E-state index in [1.807, 2.05) is 6.92 Å². The highest BCUT2D eigenvalue weighted by Gasteiger charge is 2.33. The molecule has 1 aliphatic carbocycles. The van der Waals surface area contributed by atoms with Gasteiger partial charge in [-0.2, -0.15) is 4.37 Å². The lowest BCUT2D eigenvalue weighted by molar-refractivity contribution is 0.287. The minimum Gasteiger partial charge on any atom is -0.298 e. The van der Waals surface area contributed by atoms with Crippen LogP contribution in [0.2, 0.25) is 0 Å². The van der Waals surface area contributed by atoms with Crippen molar-refractivity contribution in [2.24, 2.45) is 5.41 Å². The van der Waals surface area contributed by atoms with Crippen molar-refractivity contribution < 1.29 is 0 Å². The minimum absolute atomic E-state index is 0.0588. The van der Waals surface area contributed by atoms with Crippen LogP contribution >= 0.6 is 27.5 Å². The lowest BCUT2D eigenvalue weighted by Crippen LogP contribution is -2.32. The van der Waals surface area contributed by atoms with Gasteiger partial charge < -0.3 is 0 Å². The molecule has 1 aliphatic rings. The molecule has 0 N–H and O–H groups in total. The van der Waals surface area contributed by atoms with E-state index in [0.717, 1.165) is 22.4 Å². The van der Waals surface area contributed by atoms with Crippen LogP contribution in [0.3, 0.4) is 0 Å². The molecule has 19 heavy (non-hydrogen) atoms. The summed E-state index contributed by atoms with van der Waals surface area (Å²) in [5.74, 6) is 0. The van der Waals surface area contributed by atoms with Crippen molar-refractivity contribution in [3.8, 4) is 0 Å². The quantitative estimate of drug-likeness (QED) is 0.806. The highest BCUT2D eigenvalue weighted by molar-refractivity contribution is 9.09. The molecule has 1 saturated carbocycles. The molecule has 3 rings (SSSR count). The van der Waals surface area contributed by atoms with Gasteiger partial charge in [-0.15, -0.1) is 0 Å². The van der Waals surface area contributed by atoms with Crippen molar-refractivity contribution in [2.75, 3.05) is 5.33 Å². The maximum absolute atomic E-state index is 12.5. The van der Waals surface area contributed by atoms with E-state index in [1.54, 1.807) is 10.9 Å². The molecule has 0 amide bonds. The average Bonchev–Trinajstić information content (AvgIpc) is 3.01. The summed E-state index contributed by atoms with van der Waals surface area (Å²) in [6.07, 6.45) is 6.57. The highest BCUT2D eigenvalue weighted by atomic mass is 79.9. The first-order valence-electron chi connectivity index (χ1n) is 6.53. The molecule has 102 valence electrons. The van der Waals surface area contributed by atoms with Gasteiger partial charge >= 0.3 is 0 Å². The third-order valence-electron chi connectivity index (χ3n) is 4.09. The van der Waals surface area contributed by atoms with Gasteiger partial charge in [0, 0.05) is 11.9 Å². The van der Waals surface area contributed by atoms with Crippen LogP contribution in [-0.2, 0) is 6.54 Å². The SMILES string of the molecule is Cc1nsc2ncn(CC3(CBr)CCCC3)c(=O)c12. The van der Waals surface area contributed by atoms with E-state index in [0.29, 0.717) is 5.39 Å². The molecule has 0 bridgehead atoms. The second-order valence-electron chi connectivity index (χ2n) is 5.47. The standard InChI is InChI=1S/C13H16BrN3OS/c1-9-10-11(19-16-9)15-8-17(12(10)18)7-13(6-14)4-2-3-5-13/h8H,2-7H2,1H3. The first-order chi connectivity index (χ1) is 9.15. The number of nitrogens with zero attached hydrogens (tertiary/aromatic N) is 3. The Labute approximate surface area is 124 Å². The molecule has 2 heterocycles. The number of aryl methyl sites for hydroxylation is 1. The van der Waals surface area contributed by atoms with Gasteiger partial charge in [0.1, 0.15) is 0 Å². The van der Waals surface area contributed by atoms with Crippen molar-refractivity contribution in [3.63, 3.8) is 0 Å². The number of rotatable bonds is 3. The number of hydrogen-bond donors (Lipinski definition) is 0. The molecule has 2 aromatic heterocycles. The summed E-state index contributed by atoms with van der Waals surface area (Å²) in [5.41, 5.74) is 1.07. The molecule has 6 heteroatoms. The normalized spacial score (nSPS) is 18.2. The molecular weight excluding hydrogens is 326 g/mol.